The number of hydrogen-bond acceptors (Lipinski definition) is 4. The summed E-state index contributed by atoms with van der Waals surface area (Å²) in [6.45, 7) is -2.76. The summed E-state index contributed by atoms with van der Waals surface area (Å²) in [7, 11) is 3.25. The Morgan fingerprint density at radius 3 is 2.14 bits per heavy atom. The fourth-order valence-corrected chi connectivity index (χ4v) is 2.44. The summed E-state index contributed by atoms with van der Waals surface area (Å²) in [5.74, 6) is 0.0778. The monoisotopic (exact) mass is 394 g/mol. The van der Waals surface area contributed by atoms with E-state index in [0.717, 1.165) is 0 Å². The third-order valence-electron chi connectivity index (χ3n) is 3.64. The molecule has 2 rings (SSSR count). The van der Waals surface area contributed by atoms with Crippen molar-refractivity contribution < 1.29 is 32.7 Å². The Hall–Kier alpha value is -3.20. The molecule has 150 valence electrons. The van der Waals surface area contributed by atoms with Crippen LogP contribution >= 0.6 is 0 Å². The Morgan fingerprint density at radius 2 is 1.57 bits per heavy atom. The van der Waals surface area contributed by atoms with Crippen molar-refractivity contribution in [2.24, 2.45) is 0 Å². The number of alkyl halides is 2. The van der Waals surface area contributed by atoms with Gasteiger partial charge in [-0.25, -0.2) is 0 Å². The Morgan fingerprint density at radius 1 is 0.964 bits per heavy atom. The van der Waals surface area contributed by atoms with Crippen LogP contribution in [-0.4, -0.2) is 45.7 Å². The first-order valence-corrected chi connectivity index (χ1v) is 8.45. The molecule has 0 saturated carbocycles. The average Bonchev–Trinajstić information content (AvgIpc) is 2.62. The van der Waals surface area contributed by atoms with Crippen molar-refractivity contribution in [3.8, 4) is 11.5 Å². The number of anilines is 2. The van der Waals surface area contributed by atoms with Crippen LogP contribution in [-0.2, 0) is 9.59 Å². The molecule has 3 N–H and O–H groups in total. The van der Waals surface area contributed by atoms with Gasteiger partial charge >= 0.3 is 6.61 Å². The molecule has 0 spiro atoms. The minimum atomic E-state index is -2.90. The number of methoxy groups -OCH3 is 1. The molecule has 1 unspecified atom stereocenters. The van der Waals surface area contributed by atoms with E-state index in [4.69, 9.17) is 4.74 Å². The van der Waals surface area contributed by atoms with Gasteiger partial charge in [0.2, 0.25) is 0 Å². The highest BCUT2D eigenvalue weighted by molar-refractivity contribution is 5.93. The van der Waals surface area contributed by atoms with Crippen LogP contribution in [0.5, 0.6) is 11.5 Å². The Balaban J connectivity index is 1.79. The molecule has 0 heterocycles. The number of ether oxygens (including phenoxy) is 2. The maximum Gasteiger partial charge on any atom is 0.387 e. The normalized spacial score (nSPS) is 11.6. The predicted molar refractivity (Wildman–Crippen MR) is 99.9 cm³/mol. The first-order chi connectivity index (χ1) is 13.4. The molecule has 2 aromatic carbocycles. The van der Waals surface area contributed by atoms with Gasteiger partial charge in [-0.3, -0.25) is 9.59 Å². The lowest BCUT2D eigenvalue weighted by molar-refractivity contribution is -0.862. The topological polar surface area (TPSA) is 81.1 Å². The zero-order valence-electron chi connectivity index (χ0n) is 15.5. The number of rotatable bonds is 9. The smallest absolute Gasteiger partial charge is 0.387 e. The number of halogens is 2. The zero-order valence-corrected chi connectivity index (χ0v) is 15.5. The van der Waals surface area contributed by atoms with Gasteiger partial charge in [-0.2, -0.15) is 8.78 Å². The summed E-state index contributed by atoms with van der Waals surface area (Å²) in [6.07, 6.45) is 0. The second-order valence-corrected chi connectivity index (χ2v) is 6.04. The molecular weight excluding hydrogens is 372 g/mol. The molecule has 0 aromatic heterocycles. The molecule has 0 aliphatic carbocycles. The predicted octanol–water partition coefficient (Wildman–Crippen LogP) is 1.39. The van der Waals surface area contributed by atoms with E-state index in [1.165, 1.54) is 31.4 Å². The van der Waals surface area contributed by atoms with Crippen LogP contribution in [0.25, 0.3) is 0 Å². The van der Waals surface area contributed by atoms with Crippen molar-refractivity contribution in [2.75, 3.05) is 37.9 Å². The summed E-state index contributed by atoms with van der Waals surface area (Å²) >= 11 is 0. The number of carbonyl (C=O) groups excluding carboxylic acids is 2. The highest BCUT2D eigenvalue weighted by Gasteiger charge is 2.15. The van der Waals surface area contributed by atoms with Crippen molar-refractivity contribution in [3.63, 3.8) is 0 Å². The van der Waals surface area contributed by atoms with Crippen LogP contribution in [0.15, 0.2) is 48.5 Å². The first kappa shape index (κ1) is 21.1. The number of nitrogens with one attached hydrogen (secondary N) is 3. The number of likely N-dealkylation sites (N-methyl/N-ethyl adjacent to an activating group) is 1. The zero-order chi connectivity index (χ0) is 20.5. The van der Waals surface area contributed by atoms with E-state index < -0.39 is 6.61 Å². The van der Waals surface area contributed by atoms with Gasteiger partial charge < -0.3 is 25.0 Å². The van der Waals surface area contributed by atoms with Crippen LogP contribution < -0.4 is 25.0 Å². The van der Waals surface area contributed by atoms with E-state index in [0.29, 0.717) is 22.0 Å². The molecule has 0 saturated heterocycles. The van der Waals surface area contributed by atoms with Crippen LogP contribution in [0.3, 0.4) is 0 Å². The van der Waals surface area contributed by atoms with Crippen molar-refractivity contribution >= 4 is 23.2 Å². The number of carbonyl (C=O) groups is 2. The maximum atomic E-state index is 12.1. The van der Waals surface area contributed by atoms with Crippen molar-refractivity contribution in [1.82, 2.24) is 0 Å². The molecule has 1 atom stereocenters. The molecule has 9 heteroatoms. The average molecular weight is 394 g/mol. The molecule has 7 nitrogen and oxygen atoms in total. The second-order valence-electron chi connectivity index (χ2n) is 6.04. The molecule has 0 fully saturated rings. The summed E-state index contributed by atoms with van der Waals surface area (Å²) in [6, 6.07) is 12.5. The first-order valence-electron chi connectivity index (χ1n) is 8.45. The van der Waals surface area contributed by atoms with E-state index in [2.05, 4.69) is 15.4 Å². The lowest BCUT2D eigenvalue weighted by Gasteiger charge is -2.14. The minimum Gasteiger partial charge on any atom is -0.497 e. The molecule has 0 bridgehead atoms. The second kappa shape index (κ2) is 10.2. The van der Waals surface area contributed by atoms with Crippen LogP contribution in [0, 0.1) is 0 Å². The van der Waals surface area contributed by atoms with Gasteiger partial charge in [0.25, 0.3) is 11.8 Å². The highest BCUT2D eigenvalue weighted by atomic mass is 19.3. The van der Waals surface area contributed by atoms with E-state index in [1.54, 1.807) is 31.3 Å². The molecule has 28 heavy (non-hydrogen) atoms. The number of amides is 2. The van der Waals surface area contributed by atoms with Gasteiger partial charge in [0.15, 0.2) is 13.1 Å². The van der Waals surface area contributed by atoms with Crippen molar-refractivity contribution in [2.45, 2.75) is 6.61 Å². The quantitative estimate of drug-likeness (QED) is 0.601. The Kier molecular flexibility index (Phi) is 7.70. The standard InChI is InChI=1S/C19H21F2N3O4/c1-24(12-18(26)23-14-4-3-5-16(10-14)27-2)11-17(25)22-13-6-8-15(9-7-13)28-19(20)21/h3-10,19H,11-12H2,1-2H3,(H,22,25)(H,23,26)/p+1. The molecule has 0 aliphatic rings. The Labute approximate surface area is 161 Å². The molecule has 2 amide bonds. The van der Waals surface area contributed by atoms with Crippen LogP contribution in [0.1, 0.15) is 0 Å². The number of quaternary nitrogens is 1. The van der Waals surface area contributed by atoms with Crippen LogP contribution in [0.2, 0.25) is 0 Å². The summed E-state index contributed by atoms with van der Waals surface area (Å²) in [5, 5.41) is 5.39. The third-order valence-corrected chi connectivity index (χ3v) is 3.64. The molecule has 0 aliphatic heterocycles. The lowest BCUT2D eigenvalue weighted by atomic mass is 10.3. The lowest BCUT2D eigenvalue weighted by Crippen LogP contribution is -3.11. The summed E-state index contributed by atoms with van der Waals surface area (Å²) in [5.41, 5.74) is 1.05. The highest BCUT2D eigenvalue weighted by Crippen LogP contribution is 2.17. The van der Waals surface area contributed by atoms with E-state index >= 15 is 0 Å². The minimum absolute atomic E-state index is 0.00459. The summed E-state index contributed by atoms with van der Waals surface area (Å²) < 4.78 is 33.6. The van der Waals surface area contributed by atoms with Gasteiger partial charge in [-0.05, 0) is 36.4 Å². The van der Waals surface area contributed by atoms with Gasteiger partial charge in [0.05, 0.1) is 14.2 Å². The fourth-order valence-electron chi connectivity index (χ4n) is 2.44. The maximum absolute atomic E-state index is 12.1. The van der Waals surface area contributed by atoms with E-state index in [1.807, 2.05) is 0 Å². The van der Waals surface area contributed by atoms with Gasteiger partial charge in [0, 0.05) is 17.4 Å². The van der Waals surface area contributed by atoms with Gasteiger partial charge in [-0.15, -0.1) is 0 Å². The Bertz CT molecular complexity index is 800. The van der Waals surface area contributed by atoms with E-state index in [9.17, 15) is 18.4 Å². The molecule has 0 radical (unpaired) electrons. The van der Waals surface area contributed by atoms with Crippen molar-refractivity contribution in [3.05, 3.63) is 48.5 Å². The fraction of sp³-hybridized carbons (Fsp3) is 0.263. The SMILES string of the molecule is COc1cccc(NC(=O)C[NH+](C)CC(=O)Nc2ccc(OC(F)F)cc2)c1. The van der Waals surface area contributed by atoms with Crippen LogP contribution in [0.4, 0.5) is 20.2 Å². The number of hydrogen-bond donors (Lipinski definition) is 3. The van der Waals surface area contributed by atoms with Crippen molar-refractivity contribution in [1.29, 1.82) is 0 Å². The molecule has 2 aromatic rings. The van der Waals surface area contributed by atoms with Gasteiger partial charge in [-0.1, -0.05) is 6.07 Å². The largest absolute Gasteiger partial charge is 0.497 e. The number of benzene rings is 2. The van der Waals surface area contributed by atoms with E-state index in [-0.39, 0.29) is 30.7 Å². The third kappa shape index (κ3) is 7.20. The molecular formula is C19H22F2N3O4+. The summed E-state index contributed by atoms with van der Waals surface area (Å²) in [4.78, 5) is 24.9. The van der Waals surface area contributed by atoms with Gasteiger partial charge in [0.1, 0.15) is 11.5 Å².